The van der Waals surface area contributed by atoms with Crippen LogP contribution in [0.5, 0.6) is 0 Å². The fourth-order valence-corrected chi connectivity index (χ4v) is 2.65. The summed E-state index contributed by atoms with van der Waals surface area (Å²) in [4.78, 5) is 18.7. The first kappa shape index (κ1) is 12.6. The SMILES string of the molecule is CCc1nc(C(=O)NC2CCN(C3CC3)CC2)n[nH]1. The highest BCUT2D eigenvalue weighted by Crippen LogP contribution is 2.29. The van der Waals surface area contributed by atoms with E-state index in [0.717, 1.165) is 44.2 Å². The van der Waals surface area contributed by atoms with Gasteiger partial charge in [-0.1, -0.05) is 6.92 Å². The molecule has 2 fully saturated rings. The lowest BCUT2D eigenvalue weighted by Gasteiger charge is -2.32. The van der Waals surface area contributed by atoms with E-state index in [2.05, 4.69) is 25.4 Å². The van der Waals surface area contributed by atoms with Gasteiger partial charge >= 0.3 is 0 Å². The maximum absolute atomic E-state index is 12.0. The lowest BCUT2D eigenvalue weighted by Crippen LogP contribution is -2.45. The van der Waals surface area contributed by atoms with Crippen LogP contribution in [0.3, 0.4) is 0 Å². The average molecular weight is 263 g/mol. The van der Waals surface area contributed by atoms with Crippen molar-refractivity contribution >= 4 is 5.91 Å². The Morgan fingerprint density at radius 1 is 1.37 bits per heavy atom. The van der Waals surface area contributed by atoms with E-state index in [1.165, 1.54) is 12.8 Å². The second-order valence-electron chi connectivity index (χ2n) is 5.47. The summed E-state index contributed by atoms with van der Waals surface area (Å²) in [6.07, 6.45) is 5.54. The molecule has 1 amide bonds. The average Bonchev–Trinajstić information content (AvgIpc) is 3.17. The zero-order chi connectivity index (χ0) is 13.2. The number of hydrogen-bond acceptors (Lipinski definition) is 4. The Morgan fingerprint density at radius 3 is 2.68 bits per heavy atom. The predicted molar refractivity (Wildman–Crippen MR) is 70.8 cm³/mol. The molecule has 0 aromatic carbocycles. The summed E-state index contributed by atoms with van der Waals surface area (Å²) in [5.41, 5.74) is 0. The maximum atomic E-state index is 12.0. The molecule has 1 aliphatic carbocycles. The van der Waals surface area contributed by atoms with Crippen LogP contribution in [0.25, 0.3) is 0 Å². The zero-order valence-electron chi connectivity index (χ0n) is 11.4. The molecular weight excluding hydrogens is 242 g/mol. The van der Waals surface area contributed by atoms with Gasteiger partial charge in [-0.25, -0.2) is 4.98 Å². The van der Waals surface area contributed by atoms with Crippen LogP contribution in [0.1, 0.15) is 49.1 Å². The summed E-state index contributed by atoms with van der Waals surface area (Å²) in [5.74, 6) is 0.871. The quantitative estimate of drug-likeness (QED) is 0.839. The second-order valence-corrected chi connectivity index (χ2v) is 5.47. The number of likely N-dealkylation sites (tertiary alicyclic amines) is 1. The fraction of sp³-hybridized carbons (Fsp3) is 0.769. The molecule has 104 valence electrons. The highest BCUT2D eigenvalue weighted by Gasteiger charge is 2.32. The number of aromatic nitrogens is 3. The van der Waals surface area contributed by atoms with Gasteiger partial charge in [-0.15, -0.1) is 5.10 Å². The molecule has 6 nitrogen and oxygen atoms in total. The summed E-state index contributed by atoms with van der Waals surface area (Å²) < 4.78 is 0. The van der Waals surface area contributed by atoms with Crippen molar-refractivity contribution in [3.05, 3.63) is 11.6 Å². The molecule has 0 spiro atoms. The van der Waals surface area contributed by atoms with Crippen LogP contribution >= 0.6 is 0 Å². The van der Waals surface area contributed by atoms with E-state index in [4.69, 9.17) is 0 Å². The second kappa shape index (κ2) is 5.28. The van der Waals surface area contributed by atoms with Crippen molar-refractivity contribution in [3.63, 3.8) is 0 Å². The molecule has 0 unspecified atom stereocenters. The summed E-state index contributed by atoms with van der Waals surface area (Å²) in [5, 5.41) is 9.76. The molecule has 1 aromatic heterocycles. The Bertz CT molecular complexity index is 446. The number of H-pyrrole nitrogens is 1. The van der Waals surface area contributed by atoms with Gasteiger partial charge in [0.15, 0.2) is 0 Å². The summed E-state index contributed by atoms with van der Waals surface area (Å²) >= 11 is 0. The van der Waals surface area contributed by atoms with Gasteiger partial charge in [0.1, 0.15) is 5.82 Å². The summed E-state index contributed by atoms with van der Waals surface area (Å²) in [6.45, 7) is 4.18. The smallest absolute Gasteiger partial charge is 0.291 e. The molecule has 2 N–H and O–H groups in total. The molecule has 6 heteroatoms. The third-order valence-electron chi connectivity index (χ3n) is 4.00. The normalized spacial score (nSPS) is 21.5. The summed E-state index contributed by atoms with van der Waals surface area (Å²) in [6, 6.07) is 1.10. The van der Waals surface area contributed by atoms with Gasteiger partial charge in [0.2, 0.25) is 5.82 Å². The molecule has 19 heavy (non-hydrogen) atoms. The van der Waals surface area contributed by atoms with Gasteiger partial charge in [-0.2, -0.15) is 0 Å². The molecule has 1 saturated heterocycles. The van der Waals surface area contributed by atoms with Crippen LogP contribution in [-0.2, 0) is 6.42 Å². The third kappa shape index (κ3) is 2.94. The molecule has 3 rings (SSSR count). The van der Waals surface area contributed by atoms with E-state index < -0.39 is 0 Å². The van der Waals surface area contributed by atoms with Crippen molar-refractivity contribution in [1.82, 2.24) is 25.4 Å². The number of carbonyl (C=O) groups is 1. The first-order chi connectivity index (χ1) is 9.26. The lowest BCUT2D eigenvalue weighted by atomic mass is 10.0. The van der Waals surface area contributed by atoms with Crippen molar-refractivity contribution in [3.8, 4) is 0 Å². The van der Waals surface area contributed by atoms with Gasteiger partial charge in [0, 0.05) is 31.6 Å². The van der Waals surface area contributed by atoms with E-state index in [1.54, 1.807) is 0 Å². The van der Waals surface area contributed by atoms with Gasteiger partial charge in [0.05, 0.1) is 0 Å². The Morgan fingerprint density at radius 2 is 2.11 bits per heavy atom. The van der Waals surface area contributed by atoms with Crippen LogP contribution in [0, 0.1) is 0 Å². The number of amides is 1. The van der Waals surface area contributed by atoms with Crippen molar-refractivity contribution in [2.75, 3.05) is 13.1 Å². The first-order valence-corrected chi connectivity index (χ1v) is 7.22. The minimum Gasteiger partial charge on any atom is -0.346 e. The molecular formula is C13H21N5O. The number of rotatable bonds is 4. The number of piperidine rings is 1. The van der Waals surface area contributed by atoms with Crippen molar-refractivity contribution in [2.24, 2.45) is 0 Å². The van der Waals surface area contributed by atoms with Crippen LogP contribution in [0.15, 0.2) is 0 Å². The van der Waals surface area contributed by atoms with Crippen LogP contribution in [0.4, 0.5) is 0 Å². The lowest BCUT2D eigenvalue weighted by molar-refractivity contribution is 0.0899. The minimum atomic E-state index is -0.152. The number of aryl methyl sites for hydroxylation is 1. The van der Waals surface area contributed by atoms with E-state index in [9.17, 15) is 4.79 Å². The van der Waals surface area contributed by atoms with Gasteiger partial charge in [0.25, 0.3) is 5.91 Å². The van der Waals surface area contributed by atoms with Crippen molar-refractivity contribution in [2.45, 2.75) is 51.1 Å². The molecule has 0 radical (unpaired) electrons. The van der Waals surface area contributed by atoms with Crippen LogP contribution < -0.4 is 5.32 Å². The highest BCUT2D eigenvalue weighted by atomic mass is 16.2. The van der Waals surface area contributed by atoms with E-state index in [0.29, 0.717) is 0 Å². The topological polar surface area (TPSA) is 73.9 Å². The van der Waals surface area contributed by atoms with Crippen LogP contribution in [-0.4, -0.2) is 51.2 Å². The number of carbonyl (C=O) groups excluding carboxylic acids is 1. The van der Waals surface area contributed by atoms with Crippen molar-refractivity contribution < 1.29 is 4.79 Å². The molecule has 1 aromatic rings. The summed E-state index contributed by atoms with van der Waals surface area (Å²) in [7, 11) is 0. The van der Waals surface area contributed by atoms with Crippen molar-refractivity contribution in [1.29, 1.82) is 0 Å². The van der Waals surface area contributed by atoms with Crippen LogP contribution in [0.2, 0.25) is 0 Å². The number of hydrogen-bond donors (Lipinski definition) is 2. The van der Waals surface area contributed by atoms with E-state index >= 15 is 0 Å². The van der Waals surface area contributed by atoms with Gasteiger partial charge in [-0.3, -0.25) is 9.89 Å². The van der Waals surface area contributed by atoms with E-state index in [1.807, 2.05) is 6.92 Å². The number of aromatic amines is 1. The standard InChI is InChI=1S/C13H21N5O/c1-2-11-15-12(17-16-11)13(19)14-9-5-7-18(8-6-9)10-3-4-10/h9-10H,2-8H2,1H3,(H,14,19)(H,15,16,17). The Balaban J connectivity index is 1.49. The fourth-order valence-electron chi connectivity index (χ4n) is 2.65. The molecule has 1 saturated carbocycles. The monoisotopic (exact) mass is 263 g/mol. The largest absolute Gasteiger partial charge is 0.346 e. The third-order valence-corrected chi connectivity index (χ3v) is 4.00. The molecule has 1 aliphatic heterocycles. The van der Waals surface area contributed by atoms with E-state index in [-0.39, 0.29) is 17.8 Å². The Kier molecular flexibility index (Phi) is 3.50. The van der Waals surface area contributed by atoms with Gasteiger partial charge < -0.3 is 10.2 Å². The Hall–Kier alpha value is -1.43. The Labute approximate surface area is 113 Å². The molecule has 0 bridgehead atoms. The first-order valence-electron chi connectivity index (χ1n) is 7.22. The molecule has 0 atom stereocenters. The number of nitrogens with zero attached hydrogens (tertiary/aromatic N) is 3. The number of nitrogens with one attached hydrogen (secondary N) is 2. The maximum Gasteiger partial charge on any atom is 0.291 e. The van der Waals surface area contributed by atoms with Gasteiger partial charge in [-0.05, 0) is 25.7 Å². The predicted octanol–water partition coefficient (Wildman–Crippen LogP) is 0.724. The zero-order valence-corrected chi connectivity index (χ0v) is 11.4. The minimum absolute atomic E-state index is 0.152. The highest BCUT2D eigenvalue weighted by molar-refractivity contribution is 5.90. The molecule has 2 heterocycles. The molecule has 2 aliphatic rings.